The Balaban J connectivity index is 1.71. The first-order chi connectivity index (χ1) is 8.75. The van der Waals surface area contributed by atoms with Crippen LogP contribution in [0.3, 0.4) is 0 Å². The minimum Gasteiger partial charge on any atom is -0.378 e. The van der Waals surface area contributed by atoms with Crippen LogP contribution in [0.5, 0.6) is 0 Å². The number of ether oxygens (including phenoxy) is 1. The summed E-state index contributed by atoms with van der Waals surface area (Å²) in [5, 5.41) is 2.96. The molecule has 1 aliphatic rings. The summed E-state index contributed by atoms with van der Waals surface area (Å²) in [6.45, 7) is 3.55. The summed E-state index contributed by atoms with van der Waals surface area (Å²) >= 11 is 0. The van der Waals surface area contributed by atoms with Gasteiger partial charge in [-0.25, -0.2) is 0 Å². The molecule has 1 aromatic carbocycles. The summed E-state index contributed by atoms with van der Waals surface area (Å²) in [5.74, 6) is 0.421. The van der Waals surface area contributed by atoms with Gasteiger partial charge in [0.25, 0.3) is 0 Å². The smallest absolute Gasteiger partial charge is 0.220 e. The topological polar surface area (TPSA) is 38.3 Å². The standard InChI is InChI=1S/C15H21NO2/c1-12(14-8-5-9-18-14)10-15(17)16-11-13-6-3-2-4-7-13/h2-4,6-7,12,14H,5,8-11H2,1H3,(H,16,17)/t12-,14-/m0/s1. The monoisotopic (exact) mass is 247 g/mol. The SMILES string of the molecule is C[C@@H](CC(=O)NCc1ccccc1)[C@@H]1CCCO1. The number of amides is 1. The molecule has 2 rings (SSSR count). The van der Waals surface area contributed by atoms with Crippen LogP contribution in [0.25, 0.3) is 0 Å². The summed E-state index contributed by atoms with van der Waals surface area (Å²) < 4.78 is 5.60. The third-order valence-corrected chi connectivity index (χ3v) is 3.44. The fourth-order valence-electron chi connectivity index (χ4n) is 2.34. The summed E-state index contributed by atoms with van der Waals surface area (Å²) in [7, 11) is 0. The highest BCUT2D eigenvalue weighted by Gasteiger charge is 2.24. The van der Waals surface area contributed by atoms with E-state index in [1.165, 1.54) is 0 Å². The predicted molar refractivity (Wildman–Crippen MR) is 71.0 cm³/mol. The maximum Gasteiger partial charge on any atom is 0.220 e. The van der Waals surface area contributed by atoms with Gasteiger partial charge in [-0.05, 0) is 24.3 Å². The Morgan fingerprint density at radius 3 is 2.89 bits per heavy atom. The van der Waals surface area contributed by atoms with Crippen LogP contribution in [0.2, 0.25) is 0 Å². The molecule has 0 aromatic heterocycles. The van der Waals surface area contributed by atoms with E-state index in [1.54, 1.807) is 0 Å². The van der Waals surface area contributed by atoms with E-state index in [0.29, 0.717) is 18.9 Å². The van der Waals surface area contributed by atoms with Gasteiger partial charge in [0.15, 0.2) is 0 Å². The Bertz CT molecular complexity index is 371. The lowest BCUT2D eigenvalue weighted by atomic mass is 9.98. The van der Waals surface area contributed by atoms with Crippen molar-refractivity contribution in [2.24, 2.45) is 5.92 Å². The highest BCUT2D eigenvalue weighted by Crippen LogP contribution is 2.22. The van der Waals surface area contributed by atoms with Gasteiger partial charge in [0, 0.05) is 19.6 Å². The maximum absolute atomic E-state index is 11.8. The van der Waals surface area contributed by atoms with E-state index in [4.69, 9.17) is 4.74 Å². The molecule has 1 heterocycles. The Labute approximate surface area is 109 Å². The van der Waals surface area contributed by atoms with Gasteiger partial charge in [0.05, 0.1) is 6.10 Å². The van der Waals surface area contributed by atoms with Gasteiger partial charge in [-0.2, -0.15) is 0 Å². The Morgan fingerprint density at radius 2 is 2.22 bits per heavy atom. The molecule has 1 aliphatic heterocycles. The van der Waals surface area contributed by atoms with Crippen molar-refractivity contribution in [2.75, 3.05) is 6.61 Å². The number of hydrogen-bond acceptors (Lipinski definition) is 2. The molecular formula is C15H21NO2. The summed E-state index contributed by atoms with van der Waals surface area (Å²) in [6, 6.07) is 9.98. The van der Waals surface area contributed by atoms with Crippen molar-refractivity contribution in [1.82, 2.24) is 5.32 Å². The average molecular weight is 247 g/mol. The molecule has 3 heteroatoms. The minimum atomic E-state index is 0.113. The first-order valence-electron chi connectivity index (χ1n) is 6.68. The lowest BCUT2D eigenvalue weighted by Crippen LogP contribution is -2.28. The average Bonchev–Trinajstić information content (AvgIpc) is 2.91. The molecule has 3 nitrogen and oxygen atoms in total. The fourth-order valence-corrected chi connectivity index (χ4v) is 2.34. The second-order valence-corrected chi connectivity index (χ2v) is 5.00. The first-order valence-corrected chi connectivity index (χ1v) is 6.68. The number of rotatable bonds is 5. The summed E-state index contributed by atoms with van der Waals surface area (Å²) in [4.78, 5) is 11.8. The molecule has 0 spiro atoms. The molecular weight excluding hydrogens is 226 g/mol. The van der Waals surface area contributed by atoms with Crippen LogP contribution in [0.15, 0.2) is 30.3 Å². The molecule has 1 aromatic rings. The molecule has 1 fully saturated rings. The van der Waals surface area contributed by atoms with E-state index in [2.05, 4.69) is 12.2 Å². The lowest BCUT2D eigenvalue weighted by molar-refractivity contribution is -0.123. The third-order valence-electron chi connectivity index (χ3n) is 3.44. The van der Waals surface area contributed by atoms with E-state index < -0.39 is 0 Å². The van der Waals surface area contributed by atoms with Gasteiger partial charge in [-0.15, -0.1) is 0 Å². The molecule has 1 N–H and O–H groups in total. The van der Waals surface area contributed by atoms with Crippen LogP contribution < -0.4 is 5.32 Å². The van der Waals surface area contributed by atoms with Gasteiger partial charge in [0.2, 0.25) is 5.91 Å². The number of carbonyl (C=O) groups is 1. The molecule has 0 bridgehead atoms. The second-order valence-electron chi connectivity index (χ2n) is 5.00. The molecule has 98 valence electrons. The highest BCUT2D eigenvalue weighted by molar-refractivity contribution is 5.76. The molecule has 1 amide bonds. The van der Waals surface area contributed by atoms with Crippen molar-refractivity contribution in [3.63, 3.8) is 0 Å². The van der Waals surface area contributed by atoms with Crippen molar-refractivity contribution < 1.29 is 9.53 Å². The van der Waals surface area contributed by atoms with Gasteiger partial charge >= 0.3 is 0 Å². The number of carbonyl (C=O) groups excluding carboxylic acids is 1. The molecule has 1 saturated heterocycles. The van der Waals surface area contributed by atoms with Crippen LogP contribution in [-0.4, -0.2) is 18.6 Å². The van der Waals surface area contributed by atoms with Gasteiger partial charge in [-0.1, -0.05) is 37.3 Å². The molecule has 18 heavy (non-hydrogen) atoms. The Hall–Kier alpha value is -1.35. The largest absolute Gasteiger partial charge is 0.378 e. The molecule has 0 saturated carbocycles. The van der Waals surface area contributed by atoms with E-state index >= 15 is 0 Å². The predicted octanol–water partition coefficient (Wildman–Crippen LogP) is 2.51. The molecule has 2 atom stereocenters. The summed E-state index contributed by atoms with van der Waals surface area (Å²) in [6.07, 6.45) is 3.04. The zero-order valence-corrected chi connectivity index (χ0v) is 10.9. The van der Waals surface area contributed by atoms with Gasteiger partial charge in [-0.3, -0.25) is 4.79 Å². The van der Waals surface area contributed by atoms with E-state index in [1.807, 2.05) is 30.3 Å². The first kappa shape index (κ1) is 13.1. The second kappa shape index (κ2) is 6.55. The van der Waals surface area contributed by atoms with Crippen molar-refractivity contribution in [3.05, 3.63) is 35.9 Å². The van der Waals surface area contributed by atoms with Crippen molar-refractivity contribution in [3.8, 4) is 0 Å². The maximum atomic E-state index is 11.8. The third kappa shape index (κ3) is 3.84. The number of hydrogen-bond donors (Lipinski definition) is 1. The van der Waals surface area contributed by atoms with Crippen LogP contribution >= 0.6 is 0 Å². The Kier molecular flexibility index (Phi) is 4.76. The lowest BCUT2D eigenvalue weighted by Gasteiger charge is -2.17. The zero-order valence-electron chi connectivity index (χ0n) is 10.9. The quantitative estimate of drug-likeness (QED) is 0.868. The molecule has 0 radical (unpaired) electrons. The van der Waals surface area contributed by atoms with Crippen LogP contribution in [0.4, 0.5) is 0 Å². The summed E-state index contributed by atoms with van der Waals surface area (Å²) in [5.41, 5.74) is 1.13. The molecule has 0 aliphatic carbocycles. The van der Waals surface area contributed by atoms with E-state index in [-0.39, 0.29) is 12.0 Å². The minimum absolute atomic E-state index is 0.113. The number of nitrogens with one attached hydrogen (secondary N) is 1. The van der Waals surface area contributed by atoms with Crippen LogP contribution in [0, 0.1) is 5.92 Å². The molecule has 0 unspecified atom stereocenters. The van der Waals surface area contributed by atoms with Crippen molar-refractivity contribution >= 4 is 5.91 Å². The normalized spacial score (nSPS) is 20.6. The van der Waals surface area contributed by atoms with Crippen LogP contribution in [-0.2, 0) is 16.1 Å². The van der Waals surface area contributed by atoms with Crippen LogP contribution in [0.1, 0.15) is 31.7 Å². The zero-order chi connectivity index (χ0) is 12.8. The fraction of sp³-hybridized carbons (Fsp3) is 0.533. The van der Waals surface area contributed by atoms with Gasteiger partial charge < -0.3 is 10.1 Å². The Morgan fingerprint density at radius 1 is 1.44 bits per heavy atom. The van der Waals surface area contributed by atoms with Gasteiger partial charge in [0.1, 0.15) is 0 Å². The van der Waals surface area contributed by atoms with Crippen molar-refractivity contribution in [2.45, 2.75) is 38.8 Å². The van der Waals surface area contributed by atoms with Crippen molar-refractivity contribution in [1.29, 1.82) is 0 Å². The number of benzene rings is 1. The van der Waals surface area contributed by atoms with E-state index in [0.717, 1.165) is 25.0 Å². The van der Waals surface area contributed by atoms with E-state index in [9.17, 15) is 4.79 Å². The highest BCUT2D eigenvalue weighted by atomic mass is 16.5.